The van der Waals surface area contributed by atoms with Crippen molar-refractivity contribution in [3.63, 3.8) is 0 Å². The van der Waals surface area contributed by atoms with Crippen molar-refractivity contribution in [2.45, 2.75) is 19.8 Å². The minimum Gasteiger partial charge on any atom is -0.581 e. The molecule has 0 aromatic carbocycles. The average Bonchev–Trinajstić information content (AvgIpc) is 2.12. The van der Waals surface area contributed by atoms with Gasteiger partial charge < -0.3 is 10.2 Å². The molecule has 0 aliphatic carbocycles. The van der Waals surface area contributed by atoms with Crippen LogP contribution in [0.5, 0.6) is 0 Å². The minimum absolute atomic E-state index is 0. The van der Waals surface area contributed by atoms with Crippen molar-refractivity contribution in [3.8, 4) is 0 Å². The van der Waals surface area contributed by atoms with Gasteiger partial charge in [0, 0.05) is 26.1 Å². The van der Waals surface area contributed by atoms with Crippen LogP contribution in [0.25, 0.3) is 0 Å². The molecule has 0 atom stereocenters. The molecule has 0 saturated carbocycles. The molecular formula is C6H9N2Re-. The van der Waals surface area contributed by atoms with Crippen LogP contribution in [0.15, 0.2) is 12.3 Å². The van der Waals surface area contributed by atoms with Gasteiger partial charge in [-0.3, -0.25) is 0 Å². The Kier molecular flexibility index (Phi) is 3.76. The number of aromatic nitrogens is 2. The summed E-state index contributed by atoms with van der Waals surface area (Å²) in [4.78, 5) is 0. The molecule has 0 aliphatic rings. The van der Waals surface area contributed by atoms with Crippen LogP contribution in [0.2, 0.25) is 0 Å². The number of nitrogens with zero attached hydrogens (tertiary/aromatic N) is 2. The summed E-state index contributed by atoms with van der Waals surface area (Å²) in [6, 6.07) is 1.94. The van der Waals surface area contributed by atoms with E-state index >= 15 is 0 Å². The van der Waals surface area contributed by atoms with Crippen LogP contribution in [-0.4, -0.2) is 5.10 Å². The predicted molar refractivity (Wildman–Crippen MR) is 31.6 cm³/mol. The van der Waals surface area contributed by atoms with E-state index in [9.17, 15) is 0 Å². The van der Waals surface area contributed by atoms with E-state index in [0.29, 0.717) is 5.92 Å². The van der Waals surface area contributed by atoms with Gasteiger partial charge in [0.05, 0.1) is 0 Å². The summed E-state index contributed by atoms with van der Waals surface area (Å²) in [5.41, 5.74) is 1.07. The smallest absolute Gasteiger partial charge is 0.0186 e. The van der Waals surface area contributed by atoms with Gasteiger partial charge in [0.2, 0.25) is 0 Å². The predicted octanol–water partition coefficient (Wildman–Crippen LogP) is 1.16. The van der Waals surface area contributed by atoms with Crippen molar-refractivity contribution >= 4 is 0 Å². The summed E-state index contributed by atoms with van der Waals surface area (Å²) in [6.07, 6.45) is 1.72. The molecule has 1 radical (unpaired) electrons. The van der Waals surface area contributed by atoms with Gasteiger partial charge in [0.25, 0.3) is 0 Å². The Balaban J connectivity index is 0.000000640. The topological polar surface area (TPSA) is 27.0 Å². The molecule has 3 heteroatoms. The second-order valence-electron chi connectivity index (χ2n) is 2.11. The summed E-state index contributed by atoms with van der Waals surface area (Å²) < 4.78 is 0. The van der Waals surface area contributed by atoms with Crippen molar-refractivity contribution in [2.75, 3.05) is 0 Å². The zero-order valence-corrected chi connectivity index (χ0v) is 8.22. The van der Waals surface area contributed by atoms with Crippen molar-refractivity contribution < 1.29 is 20.4 Å². The molecule has 9 heavy (non-hydrogen) atoms. The summed E-state index contributed by atoms with van der Waals surface area (Å²) in [7, 11) is 0. The molecule has 0 fully saturated rings. The normalized spacial score (nSPS) is 9.22. The Labute approximate surface area is 68.7 Å². The van der Waals surface area contributed by atoms with Crippen molar-refractivity contribution in [1.29, 1.82) is 0 Å². The first-order chi connectivity index (χ1) is 3.80. The van der Waals surface area contributed by atoms with Crippen LogP contribution in [0.1, 0.15) is 25.5 Å². The van der Waals surface area contributed by atoms with Crippen molar-refractivity contribution in [2.24, 2.45) is 0 Å². The van der Waals surface area contributed by atoms with Gasteiger partial charge in [0.15, 0.2) is 0 Å². The molecule has 1 aromatic rings. The number of hydrogen-bond acceptors (Lipinski definition) is 1. The minimum atomic E-state index is 0. The third-order valence-electron chi connectivity index (χ3n) is 1.08. The van der Waals surface area contributed by atoms with E-state index in [4.69, 9.17) is 0 Å². The van der Waals surface area contributed by atoms with E-state index in [0.717, 1.165) is 5.69 Å². The molecule has 0 unspecified atom stereocenters. The molecule has 0 amide bonds. The second-order valence-corrected chi connectivity index (χ2v) is 2.11. The van der Waals surface area contributed by atoms with Crippen molar-refractivity contribution in [3.05, 3.63) is 18.0 Å². The third kappa shape index (κ3) is 2.30. The first-order valence-electron chi connectivity index (χ1n) is 2.75. The van der Waals surface area contributed by atoms with Crippen LogP contribution < -0.4 is 5.10 Å². The summed E-state index contributed by atoms with van der Waals surface area (Å²) in [6.45, 7) is 4.20. The maximum atomic E-state index is 3.87. The zero-order valence-electron chi connectivity index (χ0n) is 5.50. The molecule has 0 N–H and O–H groups in total. The Hall–Kier alpha value is -0.128. The second kappa shape index (κ2) is 3.81. The van der Waals surface area contributed by atoms with Gasteiger partial charge in [-0.2, -0.15) is 6.20 Å². The molecule has 0 saturated heterocycles. The maximum absolute atomic E-state index is 3.87. The van der Waals surface area contributed by atoms with Crippen LogP contribution in [-0.2, 0) is 20.4 Å². The van der Waals surface area contributed by atoms with Gasteiger partial charge in [-0.25, -0.2) is 0 Å². The van der Waals surface area contributed by atoms with E-state index < -0.39 is 0 Å². The fourth-order valence-corrected chi connectivity index (χ4v) is 0.551. The fraction of sp³-hybridized carbons (Fsp3) is 0.500. The molecule has 0 aliphatic heterocycles. The first kappa shape index (κ1) is 8.87. The van der Waals surface area contributed by atoms with Crippen LogP contribution in [0.3, 0.4) is 0 Å². The Bertz CT molecular complexity index is 146. The van der Waals surface area contributed by atoms with E-state index in [-0.39, 0.29) is 20.4 Å². The SMILES string of the molecule is CC(C)c1cc[n-]n1.[Re]. The van der Waals surface area contributed by atoms with Gasteiger partial charge in [-0.05, 0) is 5.92 Å². The zero-order chi connectivity index (χ0) is 5.98. The Morgan fingerprint density at radius 3 is 2.44 bits per heavy atom. The van der Waals surface area contributed by atoms with Crippen LogP contribution in [0, 0.1) is 0 Å². The third-order valence-corrected chi connectivity index (χ3v) is 1.08. The molecule has 2 nitrogen and oxygen atoms in total. The number of hydrogen-bond donors (Lipinski definition) is 0. The van der Waals surface area contributed by atoms with Crippen LogP contribution in [0.4, 0.5) is 0 Å². The molecule has 0 spiro atoms. The summed E-state index contributed by atoms with van der Waals surface area (Å²) >= 11 is 0. The Morgan fingerprint density at radius 1 is 1.56 bits per heavy atom. The summed E-state index contributed by atoms with van der Waals surface area (Å²) in [5.74, 6) is 0.512. The maximum Gasteiger partial charge on any atom is 0.0186 e. The standard InChI is InChI=1S/C6H9N2.Re/c1-5(2)6-3-4-7-8-6;/h3-5H,1-2H3;/q-1;. The van der Waals surface area contributed by atoms with Gasteiger partial charge in [-0.1, -0.05) is 19.9 Å². The van der Waals surface area contributed by atoms with Gasteiger partial charge >= 0.3 is 0 Å². The van der Waals surface area contributed by atoms with Crippen molar-refractivity contribution in [1.82, 2.24) is 10.2 Å². The van der Waals surface area contributed by atoms with Gasteiger partial charge in [-0.15, -0.1) is 0 Å². The van der Waals surface area contributed by atoms with Gasteiger partial charge in [0.1, 0.15) is 0 Å². The molecule has 1 heterocycles. The quantitative estimate of drug-likeness (QED) is 0.777. The first-order valence-corrected chi connectivity index (χ1v) is 2.75. The average molecular weight is 295 g/mol. The molecule has 1 rings (SSSR count). The largest absolute Gasteiger partial charge is 0.581 e. The number of rotatable bonds is 1. The fourth-order valence-electron chi connectivity index (χ4n) is 0.551. The molecule has 0 bridgehead atoms. The molecule has 1 aromatic heterocycles. The summed E-state index contributed by atoms with van der Waals surface area (Å²) in [5, 5.41) is 7.56. The Morgan fingerprint density at radius 2 is 2.22 bits per heavy atom. The molecular weight excluding hydrogens is 286 g/mol. The van der Waals surface area contributed by atoms with E-state index in [1.807, 2.05) is 6.07 Å². The van der Waals surface area contributed by atoms with Crippen LogP contribution >= 0.6 is 0 Å². The van der Waals surface area contributed by atoms with E-state index in [1.165, 1.54) is 0 Å². The van der Waals surface area contributed by atoms with E-state index in [1.54, 1.807) is 6.20 Å². The molecule has 51 valence electrons. The van der Waals surface area contributed by atoms with E-state index in [2.05, 4.69) is 24.0 Å². The monoisotopic (exact) mass is 296 g/mol.